The average Bonchev–Trinajstić information content (AvgIpc) is 2.26. The first kappa shape index (κ1) is 13.9. The van der Waals surface area contributed by atoms with Gasteiger partial charge in [-0.15, -0.1) is 0 Å². The minimum Gasteiger partial charge on any atom is -0.459 e. The quantitative estimate of drug-likeness (QED) is 0.770. The highest BCUT2D eigenvalue weighted by atomic mass is 16.6. The Kier molecular flexibility index (Phi) is 3.48. The highest BCUT2D eigenvalue weighted by molar-refractivity contribution is 5.66. The number of esters is 1. The molecule has 18 heavy (non-hydrogen) atoms. The second-order valence-corrected chi connectivity index (χ2v) is 6.64. The van der Waals surface area contributed by atoms with Crippen LogP contribution in [0.25, 0.3) is 0 Å². The van der Waals surface area contributed by atoms with E-state index in [4.69, 9.17) is 4.74 Å². The number of aliphatic hydroxyl groups is 1. The van der Waals surface area contributed by atoms with E-state index in [1.807, 2.05) is 13.8 Å². The predicted molar refractivity (Wildman–Crippen MR) is 70.2 cm³/mol. The van der Waals surface area contributed by atoms with Gasteiger partial charge < -0.3 is 9.84 Å². The summed E-state index contributed by atoms with van der Waals surface area (Å²) in [5.41, 5.74) is -1.46. The van der Waals surface area contributed by atoms with E-state index < -0.39 is 11.2 Å². The van der Waals surface area contributed by atoms with Crippen molar-refractivity contribution in [1.29, 1.82) is 0 Å². The highest BCUT2D eigenvalue weighted by Crippen LogP contribution is 2.60. The van der Waals surface area contributed by atoms with E-state index in [0.29, 0.717) is 0 Å². The van der Waals surface area contributed by atoms with Gasteiger partial charge in [-0.3, -0.25) is 4.79 Å². The monoisotopic (exact) mass is 254 g/mol. The van der Waals surface area contributed by atoms with Crippen LogP contribution in [0.1, 0.15) is 72.1 Å². The molecule has 0 saturated heterocycles. The summed E-state index contributed by atoms with van der Waals surface area (Å²) >= 11 is 0. The molecule has 2 fully saturated rings. The third kappa shape index (κ3) is 1.97. The normalized spacial score (nSPS) is 36.9. The van der Waals surface area contributed by atoms with Crippen LogP contribution in [0.5, 0.6) is 0 Å². The first-order chi connectivity index (χ1) is 8.33. The first-order valence-corrected chi connectivity index (χ1v) is 7.25. The van der Waals surface area contributed by atoms with E-state index in [2.05, 4.69) is 0 Å². The number of carbonyl (C=O) groups excluding carboxylic acids is 1. The molecule has 2 aliphatic carbocycles. The fourth-order valence-corrected chi connectivity index (χ4v) is 4.50. The van der Waals surface area contributed by atoms with Crippen molar-refractivity contribution in [3.05, 3.63) is 0 Å². The lowest BCUT2D eigenvalue weighted by Gasteiger charge is -2.60. The van der Waals surface area contributed by atoms with Crippen LogP contribution in [-0.2, 0) is 9.53 Å². The molecule has 0 bridgehead atoms. The van der Waals surface area contributed by atoms with E-state index >= 15 is 0 Å². The van der Waals surface area contributed by atoms with Gasteiger partial charge in [0.2, 0.25) is 0 Å². The lowest BCUT2D eigenvalue weighted by atomic mass is 9.50. The molecule has 0 aromatic carbocycles. The van der Waals surface area contributed by atoms with Crippen molar-refractivity contribution in [2.24, 2.45) is 5.41 Å². The van der Waals surface area contributed by atoms with Gasteiger partial charge in [-0.05, 0) is 52.4 Å². The molecule has 104 valence electrons. The largest absolute Gasteiger partial charge is 0.459 e. The number of hydrogen-bond donors (Lipinski definition) is 1. The zero-order chi connectivity index (χ0) is 13.4. The molecule has 0 amide bonds. The molecule has 0 aromatic heterocycles. The summed E-state index contributed by atoms with van der Waals surface area (Å²) < 4.78 is 5.81. The van der Waals surface area contributed by atoms with Gasteiger partial charge in [-0.2, -0.15) is 0 Å². The van der Waals surface area contributed by atoms with Crippen molar-refractivity contribution in [2.45, 2.75) is 83.3 Å². The van der Waals surface area contributed by atoms with Gasteiger partial charge in [-0.1, -0.05) is 12.8 Å². The van der Waals surface area contributed by atoms with Crippen molar-refractivity contribution in [3.8, 4) is 0 Å². The molecule has 2 rings (SSSR count). The van der Waals surface area contributed by atoms with E-state index in [9.17, 15) is 9.90 Å². The zero-order valence-electron chi connectivity index (χ0n) is 11.9. The first-order valence-electron chi connectivity index (χ1n) is 7.25. The molecule has 2 aliphatic rings. The van der Waals surface area contributed by atoms with Crippen LogP contribution in [-0.4, -0.2) is 22.3 Å². The van der Waals surface area contributed by atoms with Gasteiger partial charge in [0.1, 0.15) is 5.60 Å². The maximum atomic E-state index is 11.5. The maximum absolute atomic E-state index is 11.5. The molecule has 1 N–H and O–H groups in total. The van der Waals surface area contributed by atoms with Crippen molar-refractivity contribution < 1.29 is 14.6 Å². The third-order valence-corrected chi connectivity index (χ3v) is 5.25. The van der Waals surface area contributed by atoms with Crippen LogP contribution in [0.3, 0.4) is 0 Å². The van der Waals surface area contributed by atoms with Crippen LogP contribution in [0, 0.1) is 5.41 Å². The summed E-state index contributed by atoms with van der Waals surface area (Å²) in [4.78, 5) is 11.5. The van der Waals surface area contributed by atoms with E-state index in [-0.39, 0.29) is 11.4 Å². The van der Waals surface area contributed by atoms with Crippen LogP contribution in [0.4, 0.5) is 0 Å². The Labute approximate surface area is 110 Å². The zero-order valence-corrected chi connectivity index (χ0v) is 11.9. The molecule has 0 atom stereocenters. The lowest BCUT2D eigenvalue weighted by Crippen LogP contribution is -2.64. The molecule has 0 spiro atoms. The third-order valence-electron chi connectivity index (χ3n) is 5.25. The van der Waals surface area contributed by atoms with Gasteiger partial charge >= 0.3 is 5.97 Å². The SMILES string of the molecule is CC(=O)OC12CCCCC1(C(C)(C)O)CCCC2. The van der Waals surface area contributed by atoms with Crippen LogP contribution >= 0.6 is 0 Å². The molecule has 0 unspecified atom stereocenters. The summed E-state index contributed by atoms with van der Waals surface area (Å²) in [6.07, 6.45) is 8.25. The summed E-state index contributed by atoms with van der Waals surface area (Å²) in [7, 11) is 0. The molecule has 0 aromatic rings. The minimum absolute atomic E-state index is 0.201. The predicted octanol–water partition coefficient (Wildman–Crippen LogP) is 3.19. The molecule has 0 radical (unpaired) electrons. The van der Waals surface area contributed by atoms with Crippen LogP contribution < -0.4 is 0 Å². The Morgan fingerprint density at radius 1 is 1.06 bits per heavy atom. The topological polar surface area (TPSA) is 46.5 Å². The van der Waals surface area contributed by atoms with Crippen LogP contribution in [0.2, 0.25) is 0 Å². The Bertz CT molecular complexity index is 315. The minimum atomic E-state index is -0.788. The van der Waals surface area contributed by atoms with Crippen LogP contribution in [0.15, 0.2) is 0 Å². The second-order valence-electron chi connectivity index (χ2n) is 6.64. The van der Waals surface area contributed by atoms with Gasteiger partial charge in [0.05, 0.1) is 5.60 Å². The number of carbonyl (C=O) groups is 1. The Morgan fingerprint density at radius 2 is 1.50 bits per heavy atom. The maximum Gasteiger partial charge on any atom is 0.303 e. The van der Waals surface area contributed by atoms with Crippen molar-refractivity contribution in [2.75, 3.05) is 0 Å². The standard InChI is InChI=1S/C15H26O3/c1-12(16)18-15-10-6-4-8-14(15,13(2,3)17)9-5-7-11-15/h17H,4-11H2,1-3H3. The van der Waals surface area contributed by atoms with Gasteiger partial charge in [-0.25, -0.2) is 0 Å². The lowest BCUT2D eigenvalue weighted by molar-refractivity contribution is -0.238. The smallest absolute Gasteiger partial charge is 0.303 e. The Hall–Kier alpha value is -0.570. The van der Waals surface area contributed by atoms with E-state index in [1.165, 1.54) is 6.92 Å². The summed E-state index contributed by atoms with van der Waals surface area (Å²) in [6, 6.07) is 0. The molecule has 3 heteroatoms. The van der Waals surface area contributed by atoms with Crippen molar-refractivity contribution in [1.82, 2.24) is 0 Å². The van der Waals surface area contributed by atoms with E-state index in [1.54, 1.807) is 0 Å². The fourth-order valence-electron chi connectivity index (χ4n) is 4.50. The number of fused-ring (bicyclic) bond motifs is 1. The molecular formula is C15H26O3. The highest BCUT2D eigenvalue weighted by Gasteiger charge is 2.62. The van der Waals surface area contributed by atoms with Gasteiger partial charge in [0, 0.05) is 12.3 Å². The average molecular weight is 254 g/mol. The van der Waals surface area contributed by atoms with Gasteiger partial charge in [0.15, 0.2) is 0 Å². The summed E-state index contributed by atoms with van der Waals surface area (Å²) in [5.74, 6) is -0.201. The molecule has 3 nitrogen and oxygen atoms in total. The fraction of sp³-hybridized carbons (Fsp3) is 0.933. The number of hydrogen-bond acceptors (Lipinski definition) is 3. The van der Waals surface area contributed by atoms with Crippen molar-refractivity contribution >= 4 is 5.97 Å². The van der Waals surface area contributed by atoms with Gasteiger partial charge in [0.25, 0.3) is 0 Å². The Morgan fingerprint density at radius 3 is 1.89 bits per heavy atom. The Balaban J connectivity index is 2.43. The molecular weight excluding hydrogens is 228 g/mol. The number of rotatable bonds is 2. The van der Waals surface area contributed by atoms with Crippen molar-refractivity contribution in [3.63, 3.8) is 0 Å². The molecule has 0 heterocycles. The molecule has 0 aliphatic heterocycles. The summed E-state index contributed by atoms with van der Waals surface area (Å²) in [6.45, 7) is 5.27. The summed E-state index contributed by atoms with van der Waals surface area (Å²) in [5, 5.41) is 10.7. The van der Waals surface area contributed by atoms with E-state index in [0.717, 1.165) is 51.4 Å². The second kappa shape index (κ2) is 4.52. The molecule has 2 saturated carbocycles. The number of ether oxygens (including phenoxy) is 1.